The first kappa shape index (κ1) is 20.7. The van der Waals surface area contributed by atoms with E-state index in [-0.39, 0.29) is 29.6 Å². The van der Waals surface area contributed by atoms with Gasteiger partial charge < -0.3 is 14.5 Å². The molecule has 10 heteroatoms. The Hall–Kier alpha value is -3.56. The first-order chi connectivity index (χ1) is 14.8. The van der Waals surface area contributed by atoms with Crippen molar-refractivity contribution in [3.63, 3.8) is 0 Å². The molecule has 1 saturated heterocycles. The predicted octanol–water partition coefficient (Wildman–Crippen LogP) is -0.453. The van der Waals surface area contributed by atoms with Gasteiger partial charge in [-0.1, -0.05) is 12.1 Å². The van der Waals surface area contributed by atoms with Gasteiger partial charge in [-0.2, -0.15) is 0 Å². The molecule has 2 aliphatic rings. The number of amides is 2. The standard InChI is InChI=1S/C21H25N5O5/c1-14-20(29)26(15-6-4-5-7-16(15)31-14)13-19(28)25-10-8-24(9-11-25)17-12-18(27)23(3)21(30)22(17)2/h4-7,12,14H,8-11,13H2,1-3H3/t14-/m1/s1. The lowest BCUT2D eigenvalue weighted by atomic mass is 10.2. The number of rotatable bonds is 3. The summed E-state index contributed by atoms with van der Waals surface area (Å²) in [6, 6.07) is 8.61. The zero-order chi connectivity index (χ0) is 22.3. The van der Waals surface area contributed by atoms with Crippen LogP contribution in [-0.4, -0.2) is 64.7 Å². The summed E-state index contributed by atoms with van der Waals surface area (Å²) in [7, 11) is 3.06. The van der Waals surface area contributed by atoms with Crippen LogP contribution in [0, 0.1) is 0 Å². The van der Waals surface area contributed by atoms with E-state index in [0.29, 0.717) is 43.4 Å². The van der Waals surface area contributed by atoms with Crippen LogP contribution in [-0.2, 0) is 23.7 Å². The van der Waals surface area contributed by atoms with E-state index in [1.165, 1.54) is 22.6 Å². The minimum absolute atomic E-state index is 0.0616. The van der Waals surface area contributed by atoms with Crippen molar-refractivity contribution in [3.8, 4) is 5.75 Å². The second kappa shape index (κ2) is 7.93. The molecule has 0 spiro atoms. The third kappa shape index (κ3) is 3.69. The molecule has 3 heterocycles. The van der Waals surface area contributed by atoms with E-state index < -0.39 is 6.10 Å². The first-order valence-electron chi connectivity index (χ1n) is 10.1. The number of hydrogen-bond acceptors (Lipinski definition) is 6. The van der Waals surface area contributed by atoms with Crippen molar-refractivity contribution < 1.29 is 14.3 Å². The molecule has 1 atom stereocenters. The summed E-state index contributed by atoms with van der Waals surface area (Å²) in [5.41, 5.74) is -0.164. The highest BCUT2D eigenvalue weighted by atomic mass is 16.5. The van der Waals surface area contributed by atoms with Gasteiger partial charge >= 0.3 is 5.69 Å². The number of ether oxygens (including phenoxy) is 1. The molecule has 0 unspecified atom stereocenters. The van der Waals surface area contributed by atoms with Crippen molar-refractivity contribution >= 4 is 23.3 Å². The Morgan fingerprint density at radius 1 is 1.03 bits per heavy atom. The minimum atomic E-state index is -0.651. The quantitative estimate of drug-likeness (QED) is 0.658. The van der Waals surface area contributed by atoms with Crippen LogP contribution in [0.25, 0.3) is 0 Å². The number of carbonyl (C=O) groups excluding carboxylic acids is 2. The number of hydrogen-bond donors (Lipinski definition) is 0. The van der Waals surface area contributed by atoms with Crippen molar-refractivity contribution in [3.05, 3.63) is 51.2 Å². The Labute approximate surface area is 178 Å². The summed E-state index contributed by atoms with van der Waals surface area (Å²) in [6.45, 7) is 3.43. The summed E-state index contributed by atoms with van der Waals surface area (Å²) in [5, 5.41) is 0. The summed E-state index contributed by atoms with van der Waals surface area (Å²) in [4.78, 5) is 54.9. The van der Waals surface area contributed by atoms with Crippen LogP contribution in [0.1, 0.15) is 6.92 Å². The molecule has 0 N–H and O–H groups in total. The van der Waals surface area contributed by atoms with E-state index in [4.69, 9.17) is 4.74 Å². The van der Waals surface area contributed by atoms with Gasteiger partial charge in [-0.3, -0.25) is 28.4 Å². The van der Waals surface area contributed by atoms with Crippen LogP contribution in [0.4, 0.5) is 11.5 Å². The Bertz CT molecular complexity index is 1150. The van der Waals surface area contributed by atoms with Gasteiger partial charge in [0.05, 0.1) is 5.69 Å². The molecular formula is C21H25N5O5. The fraction of sp³-hybridized carbons (Fsp3) is 0.429. The third-order valence-electron chi connectivity index (χ3n) is 5.82. The molecule has 0 radical (unpaired) electrons. The van der Waals surface area contributed by atoms with Crippen molar-refractivity contribution in [1.82, 2.24) is 14.0 Å². The Morgan fingerprint density at radius 3 is 2.42 bits per heavy atom. The lowest BCUT2D eigenvalue weighted by molar-refractivity contribution is -0.133. The molecule has 0 saturated carbocycles. The molecule has 1 aromatic heterocycles. The normalized spacial score (nSPS) is 18.6. The highest BCUT2D eigenvalue weighted by molar-refractivity contribution is 6.03. The molecular weight excluding hydrogens is 402 g/mol. The molecule has 2 amide bonds. The number of para-hydroxylation sites is 2. The van der Waals surface area contributed by atoms with Crippen LogP contribution in [0.15, 0.2) is 39.9 Å². The van der Waals surface area contributed by atoms with Gasteiger partial charge in [0.2, 0.25) is 5.91 Å². The SMILES string of the molecule is C[C@H]1Oc2ccccc2N(CC(=O)N2CCN(c3cc(=O)n(C)c(=O)n3C)CC2)C1=O. The highest BCUT2D eigenvalue weighted by Gasteiger charge is 2.34. The fourth-order valence-electron chi connectivity index (χ4n) is 3.97. The topological polar surface area (TPSA) is 97.1 Å². The van der Waals surface area contributed by atoms with Crippen LogP contribution in [0.3, 0.4) is 0 Å². The Kier molecular flexibility index (Phi) is 5.30. The van der Waals surface area contributed by atoms with Crippen molar-refractivity contribution in [2.24, 2.45) is 14.1 Å². The van der Waals surface area contributed by atoms with Crippen molar-refractivity contribution in [2.45, 2.75) is 13.0 Å². The zero-order valence-corrected chi connectivity index (χ0v) is 17.8. The molecule has 31 heavy (non-hydrogen) atoms. The second-order valence-electron chi connectivity index (χ2n) is 7.76. The van der Waals surface area contributed by atoms with E-state index in [9.17, 15) is 19.2 Å². The van der Waals surface area contributed by atoms with Crippen LogP contribution in [0.5, 0.6) is 5.75 Å². The number of nitrogens with zero attached hydrogens (tertiary/aromatic N) is 5. The lowest BCUT2D eigenvalue weighted by Crippen LogP contribution is -2.54. The highest BCUT2D eigenvalue weighted by Crippen LogP contribution is 2.33. The number of fused-ring (bicyclic) bond motifs is 1. The van der Waals surface area contributed by atoms with Gasteiger partial charge in [0.15, 0.2) is 6.10 Å². The van der Waals surface area contributed by atoms with Crippen LogP contribution >= 0.6 is 0 Å². The molecule has 0 bridgehead atoms. The first-order valence-corrected chi connectivity index (χ1v) is 10.1. The smallest absolute Gasteiger partial charge is 0.332 e. The van der Waals surface area contributed by atoms with Gasteiger partial charge in [-0.15, -0.1) is 0 Å². The predicted molar refractivity (Wildman–Crippen MR) is 115 cm³/mol. The maximum absolute atomic E-state index is 13.0. The lowest BCUT2D eigenvalue weighted by Gasteiger charge is -2.38. The minimum Gasteiger partial charge on any atom is -0.479 e. The van der Waals surface area contributed by atoms with E-state index >= 15 is 0 Å². The molecule has 2 aromatic rings. The summed E-state index contributed by atoms with van der Waals surface area (Å²) in [6.07, 6.45) is -0.651. The number of benzene rings is 1. The monoisotopic (exact) mass is 427 g/mol. The largest absolute Gasteiger partial charge is 0.479 e. The maximum atomic E-state index is 13.0. The van der Waals surface area contributed by atoms with Gasteiger partial charge in [0.1, 0.15) is 18.1 Å². The van der Waals surface area contributed by atoms with Crippen molar-refractivity contribution in [2.75, 3.05) is 42.5 Å². The molecule has 4 rings (SSSR count). The van der Waals surface area contributed by atoms with E-state index in [0.717, 1.165) is 4.57 Å². The van der Waals surface area contributed by atoms with Crippen LogP contribution < -0.4 is 25.8 Å². The molecule has 1 aromatic carbocycles. The second-order valence-corrected chi connectivity index (χ2v) is 7.76. The van der Waals surface area contributed by atoms with Crippen molar-refractivity contribution in [1.29, 1.82) is 0 Å². The zero-order valence-electron chi connectivity index (χ0n) is 17.8. The van der Waals surface area contributed by atoms with Gasteiger partial charge in [-0.25, -0.2) is 4.79 Å². The number of piperazine rings is 1. The molecule has 2 aliphatic heterocycles. The summed E-state index contributed by atoms with van der Waals surface area (Å²) >= 11 is 0. The van der Waals surface area contributed by atoms with Gasteiger partial charge in [0.25, 0.3) is 11.5 Å². The fourth-order valence-corrected chi connectivity index (χ4v) is 3.97. The maximum Gasteiger partial charge on any atom is 0.332 e. The van der Waals surface area contributed by atoms with E-state index in [2.05, 4.69) is 0 Å². The van der Waals surface area contributed by atoms with Gasteiger partial charge in [-0.05, 0) is 19.1 Å². The molecule has 1 fully saturated rings. The number of carbonyl (C=O) groups is 2. The number of aromatic nitrogens is 2. The van der Waals surface area contributed by atoms with Gasteiger partial charge in [0, 0.05) is 46.3 Å². The Balaban J connectivity index is 1.46. The third-order valence-corrected chi connectivity index (χ3v) is 5.82. The molecule has 0 aliphatic carbocycles. The molecule has 164 valence electrons. The van der Waals surface area contributed by atoms with Crippen LogP contribution in [0.2, 0.25) is 0 Å². The molecule has 10 nitrogen and oxygen atoms in total. The summed E-state index contributed by atoms with van der Waals surface area (Å²) < 4.78 is 8.12. The number of anilines is 2. The summed E-state index contributed by atoms with van der Waals surface area (Å²) in [5.74, 6) is 0.709. The van der Waals surface area contributed by atoms with E-state index in [1.54, 1.807) is 37.1 Å². The average molecular weight is 427 g/mol. The average Bonchev–Trinajstić information content (AvgIpc) is 2.78. The van der Waals surface area contributed by atoms with E-state index in [1.807, 2.05) is 11.0 Å². The Morgan fingerprint density at radius 2 is 1.71 bits per heavy atom.